The van der Waals surface area contributed by atoms with Gasteiger partial charge in [-0.15, -0.1) is 17.9 Å². The number of nitrogens with zero attached hydrogens (tertiary/aromatic N) is 3. The Bertz CT molecular complexity index is 1400. The normalized spacial score (nSPS) is 11.4. The number of hydrazone groups is 1. The molecule has 4 rings (SSSR count). The Kier molecular flexibility index (Phi) is 7.68. The molecule has 8 nitrogen and oxygen atoms in total. The van der Waals surface area contributed by atoms with E-state index in [1.807, 2.05) is 49.4 Å². The van der Waals surface area contributed by atoms with Crippen LogP contribution in [-0.4, -0.2) is 34.9 Å². The van der Waals surface area contributed by atoms with E-state index in [0.717, 1.165) is 22.4 Å². The topological polar surface area (TPSA) is 87.4 Å². The quantitative estimate of drug-likeness (QED) is 0.137. The number of halogens is 3. The molecule has 3 aromatic carbocycles. The number of rotatable bonds is 7. The van der Waals surface area contributed by atoms with Crippen molar-refractivity contribution in [2.24, 2.45) is 5.10 Å². The highest BCUT2D eigenvalue weighted by Crippen LogP contribution is 2.25. The van der Waals surface area contributed by atoms with Crippen molar-refractivity contribution in [1.29, 1.82) is 0 Å². The van der Waals surface area contributed by atoms with Crippen LogP contribution in [0.2, 0.25) is 0 Å². The Labute approximate surface area is 215 Å². The number of benzene rings is 3. The Morgan fingerprint density at radius 3 is 2.49 bits per heavy atom. The van der Waals surface area contributed by atoms with Crippen LogP contribution >= 0.6 is 12.2 Å². The summed E-state index contributed by atoms with van der Waals surface area (Å²) >= 11 is 5.30. The number of H-pyrrole nitrogens is 1. The number of anilines is 1. The lowest BCUT2D eigenvalue weighted by Crippen LogP contribution is -2.31. The third kappa shape index (κ3) is 7.04. The van der Waals surface area contributed by atoms with E-state index in [1.165, 1.54) is 30.6 Å². The molecule has 3 N–H and O–H groups in total. The molecule has 0 unspecified atom stereocenters. The predicted molar refractivity (Wildman–Crippen MR) is 137 cm³/mol. The largest absolute Gasteiger partial charge is 0.573 e. The van der Waals surface area contributed by atoms with Gasteiger partial charge < -0.3 is 14.8 Å². The molecular formula is C25H22F3N6O2S+. The Hall–Kier alpha value is -4.45. The van der Waals surface area contributed by atoms with Gasteiger partial charge in [0, 0.05) is 5.56 Å². The first kappa shape index (κ1) is 25.6. The molecule has 0 aliphatic rings. The zero-order valence-corrected chi connectivity index (χ0v) is 20.5. The van der Waals surface area contributed by atoms with Crippen LogP contribution in [0.25, 0.3) is 17.1 Å². The molecule has 1 aromatic heterocycles. The van der Waals surface area contributed by atoms with E-state index < -0.39 is 6.36 Å². The molecule has 0 aliphatic heterocycles. The fourth-order valence-corrected chi connectivity index (χ4v) is 3.49. The van der Waals surface area contributed by atoms with E-state index in [9.17, 15) is 13.2 Å². The lowest BCUT2D eigenvalue weighted by atomic mass is 10.1. The second kappa shape index (κ2) is 11.1. The fourth-order valence-electron chi connectivity index (χ4n) is 3.33. The summed E-state index contributed by atoms with van der Waals surface area (Å²) in [6.45, 7) is 1.97. The van der Waals surface area contributed by atoms with Gasteiger partial charge in [-0.2, -0.15) is 10.2 Å². The summed E-state index contributed by atoms with van der Waals surface area (Å²) in [5, 5.41) is 10.6. The zero-order valence-electron chi connectivity index (χ0n) is 19.7. The van der Waals surface area contributed by atoms with Gasteiger partial charge in [-0.05, 0) is 83.8 Å². The van der Waals surface area contributed by atoms with Crippen molar-refractivity contribution in [2.75, 3.05) is 12.4 Å². The van der Waals surface area contributed by atoms with Crippen LogP contribution in [0.3, 0.4) is 0 Å². The van der Waals surface area contributed by atoms with Crippen molar-refractivity contribution < 1.29 is 27.3 Å². The first-order valence-corrected chi connectivity index (χ1v) is 11.3. The maximum Gasteiger partial charge on any atom is 0.573 e. The first-order valence-electron chi connectivity index (χ1n) is 10.9. The number of hydrogen-bond donors (Lipinski definition) is 3. The van der Waals surface area contributed by atoms with E-state index in [-0.39, 0.29) is 5.75 Å². The lowest BCUT2D eigenvalue weighted by molar-refractivity contribution is -0.656. The van der Waals surface area contributed by atoms with Gasteiger partial charge in [0.1, 0.15) is 11.5 Å². The highest BCUT2D eigenvalue weighted by atomic mass is 32.1. The van der Waals surface area contributed by atoms with Crippen molar-refractivity contribution >= 4 is 29.2 Å². The van der Waals surface area contributed by atoms with E-state index >= 15 is 0 Å². The highest BCUT2D eigenvalue weighted by Gasteiger charge is 2.31. The average Bonchev–Trinajstić information content (AvgIpc) is 3.34. The number of methoxy groups -OCH3 is 1. The second-order valence-corrected chi connectivity index (χ2v) is 8.17. The third-order valence-electron chi connectivity index (χ3n) is 5.04. The summed E-state index contributed by atoms with van der Waals surface area (Å²) in [5.74, 6) is 0.950. The molecule has 0 radical (unpaired) electrons. The van der Waals surface area contributed by atoms with Gasteiger partial charge in [0.25, 0.3) is 5.82 Å². The molecule has 1 heterocycles. The average molecular weight is 528 g/mol. The van der Waals surface area contributed by atoms with Gasteiger partial charge in [-0.3, -0.25) is 5.43 Å². The molecule has 0 bridgehead atoms. The van der Waals surface area contributed by atoms with E-state index in [4.69, 9.17) is 17.0 Å². The summed E-state index contributed by atoms with van der Waals surface area (Å²) in [4.78, 5) is 4.33. The highest BCUT2D eigenvalue weighted by molar-refractivity contribution is 7.80. The third-order valence-corrected chi connectivity index (χ3v) is 5.24. The maximum absolute atomic E-state index is 12.3. The molecule has 0 aliphatic carbocycles. The maximum atomic E-state index is 12.3. The van der Waals surface area contributed by atoms with E-state index in [2.05, 4.69) is 30.7 Å². The van der Waals surface area contributed by atoms with Crippen molar-refractivity contribution in [1.82, 2.24) is 15.5 Å². The number of hydrogen-bond acceptors (Lipinski definition) is 5. The zero-order chi connectivity index (χ0) is 26.4. The molecule has 190 valence electrons. The smallest absolute Gasteiger partial charge is 0.495 e. The van der Waals surface area contributed by atoms with Crippen LogP contribution in [0.1, 0.15) is 11.1 Å². The first-order chi connectivity index (χ1) is 17.7. The molecule has 37 heavy (non-hydrogen) atoms. The minimum atomic E-state index is -4.74. The summed E-state index contributed by atoms with van der Waals surface area (Å²) in [5.41, 5.74) is 6.80. The van der Waals surface area contributed by atoms with Gasteiger partial charge in [0.2, 0.25) is 0 Å². The van der Waals surface area contributed by atoms with Crippen molar-refractivity contribution in [3.8, 4) is 28.6 Å². The van der Waals surface area contributed by atoms with Gasteiger partial charge in [-0.1, -0.05) is 18.2 Å². The van der Waals surface area contributed by atoms with Crippen LogP contribution in [-0.2, 0) is 0 Å². The monoisotopic (exact) mass is 527 g/mol. The Balaban J connectivity index is 1.35. The van der Waals surface area contributed by atoms with E-state index in [0.29, 0.717) is 22.4 Å². The molecule has 0 atom stereocenters. The Morgan fingerprint density at radius 2 is 1.81 bits per heavy atom. The fraction of sp³-hybridized carbons (Fsp3) is 0.120. The number of aromatic amines is 1. The molecule has 4 aromatic rings. The van der Waals surface area contributed by atoms with Crippen molar-refractivity contribution in [2.45, 2.75) is 13.3 Å². The standard InChI is InChI=1S/C25H21F3N6O2S/c1-16-3-12-22(35-2)21(13-16)31-24(37)32-30-14-17-4-6-18(7-5-17)23-29-15-34(33-23)19-8-10-20(11-9-19)36-25(26,27)28/h3-15H,1-2H3,(H2,31,32,33,37)/p+1. The number of thiocarbonyl (C=S) groups is 1. The molecule has 0 amide bonds. The van der Waals surface area contributed by atoms with E-state index in [1.54, 1.807) is 18.0 Å². The number of alkyl halides is 3. The SMILES string of the molecule is COc1ccc(C)cc1NC(=S)NN=Cc1ccc(-c2nc[n+](-c3ccc(OC(F)(F)F)cc3)[nH]2)cc1. The van der Waals surface area contributed by atoms with Crippen LogP contribution in [0.15, 0.2) is 78.2 Å². The van der Waals surface area contributed by atoms with Gasteiger partial charge in [0.15, 0.2) is 10.8 Å². The number of aromatic nitrogens is 3. The van der Waals surface area contributed by atoms with Crippen molar-refractivity contribution in [3.05, 3.63) is 84.2 Å². The van der Waals surface area contributed by atoms with Crippen molar-refractivity contribution in [3.63, 3.8) is 0 Å². The summed E-state index contributed by atoms with van der Waals surface area (Å²) in [6.07, 6.45) is -1.58. The number of aryl methyl sites for hydroxylation is 1. The number of nitrogens with one attached hydrogen (secondary N) is 3. The number of ether oxygens (including phenoxy) is 2. The summed E-state index contributed by atoms with van der Waals surface area (Å²) < 4.78 is 47.8. The molecule has 0 spiro atoms. The molecule has 0 saturated carbocycles. The summed E-state index contributed by atoms with van der Waals surface area (Å²) in [6, 6.07) is 18.6. The lowest BCUT2D eigenvalue weighted by Gasteiger charge is -2.12. The van der Waals surface area contributed by atoms with Gasteiger partial charge in [-0.25, -0.2) is 0 Å². The van der Waals surface area contributed by atoms with Crippen LogP contribution < -0.4 is 24.9 Å². The minimum Gasteiger partial charge on any atom is -0.495 e. The summed E-state index contributed by atoms with van der Waals surface area (Å²) in [7, 11) is 1.59. The Morgan fingerprint density at radius 1 is 1.08 bits per heavy atom. The molecule has 12 heteroatoms. The molecule has 0 fully saturated rings. The van der Waals surface area contributed by atoms with Gasteiger partial charge in [0.05, 0.1) is 19.0 Å². The van der Waals surface area contributed by atoms with Crippen LogP contribution in [0.5, 0.6) is 11.5 Å². The van der Waals surface area contributed by atoms with Crippen LogP contribution in [0, 0.1) is 6.92 Å². The van der Waals surface area contributed by atoms with Crippen LogP contribution in [0.4, 0.5) is 18.9 Å². The second-order valence-electron chi connectivity index (χ2n) is 7.77. The molecular weight excluding hydrogens is 505 g/mol. The van der Waals surface area contributed by atoms with Gasteiger partial charge >= 0.3 is 12.7 Å². The molecule has 0 saturated heterocycles. The predicted octanol–water partition coefficient (Wildman–Crippen LogP) is 4.89. The minimum absolute atomic E-state index is 0.297.